The van der Waals surface area contributed by atoms with Crippen molar-refractivity contribution < 1.29 is 14.3 Å². The van der Waals surface area contributed by atoms with E-state index in [4.69, 9.17) is 44.3 Å². The van der Waals surface area contributed by atoms with Crippen LogP contribution in [0.3, 0.4) is 0 Å². The molecule has 0 unspecified atom stereocenters. The number of nitrogens with one attached hydrogen (secondary N) is 1. The van der Waals surface area contributed by atoms with Gasteiger partial charge in [-0.2, -0.15) is 10.1 Å². The maximum absolute atomic E-state index is 13.2. The molecule has 3 aromatic carbocycles. The highest BCUT2D eigenvalue weighted by Crippen LogP contribution is 2.34. The van der Waals surface area contributed by atoms with Gasteiger partial charge in [-0.05, 0) is 59.7 Å². The van der Waals surface area contributed by atoms with Crippen molar-refractivity contribution in [2.45, 2.75) is 6.54 Å². The lowest BCUT2D eigenvalue weighted by molar-refractivity contribution is 0.0955. The van der Waals surface area contributed by atoms with Gasteiger partial charge >= 0.3 is 11.7 Å². The molecule has 0 saturated heterocycles. The molecule has 5 rings (SSSR count). The monoisotopic (exact) mass is 640 g/mol. The molecular formula is C29H23Cl3N6O5. The fourth-order valence-electron chi connectivity index (χ4n) is 4.28. The molecule has 5 aromatic rings. The minimum Gasteiger partial charge on any atom is -0.493 e. The van der Waals surface area contributed by atoms with E-state index in [-0.39, 0.29) is 29.5 Å². The molecule has 0 aliphatic heterocycles. The normalized spacial score (nSPS) is 11.3. The molecule has 0 saturated carbocycles. The summed E-state index contributed by atoms with van der Waals surface area (Å²) in [5.74, 6) is 0.157. The number of carbonyl (C=O) groups is 1. The number of aryl methyl sites for hydroxylation is 1. The number of methoxy groups -OCH3 is 1. The van der Waals surface area contributed by atoms with Gasteiger partial charge in [-0.15, -0.1) is 0 Å². The summed E-state index contributed by atoms with van der Waals surface area (Å²) < 4.78 is 15.5. The quantitative estimate of drug-likeness (QED) is 0.188. The molecule has 220 valence electrons. The molecule has 11 nitrogen and oxygen atoms in total. The first-order valence-corrected chi connectivity index (χ1v) is 13.8. The average Bonchev–Trinajstić information content (AvgIpc) is 3.34. The maximum atomic E-state index is 13.2. The van der Waals surface area contributed by atoms with Gasteiger partial charge in [0, 0.05) is 34.7 Å². The Labute approximate surface area is 259 Å². The Morgan fingerprint density at radius 2 is 1.74 bits per heavy atom. The van der Waals surface area contributed by atoms with Crippen molar-refractivity contribution in [3.8, 4) is 17.5 Å². The van der Waals surface area contributed by atoms with Crippen LogP contribution >= 0.6 is 34.8 Å². The molecule has 2 heterocycles. The topological polar surface area (TPSA) is 122 Å². The molecule has 1 N–H and O–H groups in total. The van der Waals surface area contributed by atoms with E-state index in [2.05, 4.69) is 15.5 Å². The van der Waals surface area contributed by atoms with Crippen LogP contribution in [-0.4, -0.2) is 37.9 Å². The van der Waals surface area contributed by atoms with Crippen LogP contribution in [0.5, 0.6) is 17.5 Å². The van der Waals surface area contributed by atoms with Crippen LogP contribution in [-0.2, 0) is 20.6 Å². The first-order chi connectivity index (χ1) is 20.6. The minimum atomic E-state index is -0.552. The molecule has 43 heavy (non-hydrogen) atoms. The Hall–Kier alpha value is -4.58. The summed E-state index contributed by atoms with van der Waals surface area (Å²) in [5, 5.41) is 5.27. The lowest BCUT2D eigenvalue weighted by Crippen LogP contribution is -2.37. The van der Waals surface area contributed by atoms with Crippen LogP contribution in [0.15, 0.2) is 75.4 Å². The van der Waals surface area contributed by atoms with Gasteiger partial charge in [0.2, 0.25) is 0 Å². The summed E-state index contributed by atoms with van der Waals surface area (Å²) in [5.41, 5.74) is 3.23. The van der Waals surface area contributed by atoms with E-state index in [1.54, 1.807) is 54.6 Å². The highest BCUT2D eigenvalue weighted by Gasteiger charge is 2.22. The lowest BCUT2D eigenvalue weighted by atomic mass is 10.2. The van der Waals surface area contributed by atoms with Gasteiger partial charge in [-0.3, -0.25) is 23.3 Å². The standard InChI is InChI=1S/C29H23Cl3N6O5/c1-36-25-24(27(40)37(2)29(36)41)38(15-18-8-9-20(31)13-21(18)32)28(34-25)43-22-10-7-16(11-23(22)42-3)14-33-35-26(39)17-5-4-6-19(30)12-17/h4-14H,15H2,1-3H3,(H,35,39). The summed E-state index contributed by atoms with van der Waals surface area (Å²) in [4.78, 5) is 42.7. The highest BCUT2D eigenvalue weighted by molar-refractivity contribution is 6.35. The highest BCUT2D eigenvalue weighted by atomic mass is 35.5. The molecule has 1 amide bonds. The van der Waals surface area contributed by atoms with Crippen molar-refractivity contribution in [1.82, 2.24) is 24.1 Å². The Morgan fingerprint density at radius 3 is 2.47 bits per heavy atom. The number of carbonyl (C=O) groups excluding carboxylic acids is 1. The largest absolute Gasteiger partial charge is 0.493 e. The van der Waals surface area contributed by atoms with Crippen LogP contribution in [0.4, 0.5) is 0 Å². The number of amides is 1. The van der Waals surface area contributed by atoms with Crippen LogP contribution in [0, 0.1) is 0 Å². The number of nitrogens with zero attached hydrogens (tertiary/aromatic N) is 5. The number of rotatable bonds is 8. The van der Waals surface area contributed by atoms with E-state index >= 15 is 0 Å². The minimum absolute atomic E-state index is 0.0211. The van der Waals surface area contributed by atoms with Gasteiger partial charge in [-0.1, -0.05) is 46.9 Å². The average molecular weight is 642 g/mol. The van der Waals surface area contributed by atoms with Crippen molar-refractivity contribution in [3.63, 3.8) is 0 Å². The van der Waals surface area contributed by atoms with Crippen molar-refractivity contribution in [1.29, 1.82) is 0 Å². The molecule has 0 radical (unpaired) electrons. The number of hydrogen-bond acceptors (Lipinski definition) is 7. The molecule has 2 aromatic heterocycles. The molecular weight excluding hydrogens is 619 g/mol. The fraction of sp³-hybridized carbons (Fsp3) is 0.138. The Kier molecular flexibility index (Phi) is 8.58. The van der Waals surface area contributed by atoms with E-state index in [9.17, 15) is 14.4 Å². The number of ether oxygens (including phenoxy) is 2. The first kappa shape index (κ1) is 29.9. The van der Waals surface area contributed by atoms with E-state index in [0.717, 1.165) is 4.57 Å². The van der Waals surface area contributed by atoms with Gasteiger partial charge in [0.25, 0.3) is 11.5 Å². The van der Waals surface area contributed by atoms with Crippen molar-refractivity contribution >= 4 is 58.1 Å². The third-order valence-electron chi connectivity index (χ3n) is 6.51. The van der Waals surface area contributed by atoms with Gasteiger partial charge in [0.05, 0.1) is 19.9 Å². The second-order valence-corrected chi connectivity index (χ2v) is 10.6. The Balaban J connectivity index is 1.49. The molecule has 0 aliphatic rings. The predicted molar refractivity (Wildman–Crippen MR) is 165 cm³/mol. The molecule has 14 heteroatoms. The fourth-order valence-corrected chi connectivity index (χ4v) is 4.94. The molecule has 0 fully saturated rings. The molecule has 0 atom stereocenters. The van der Waals surface area contributed by atoms with Crippen LogP contribution in [0.1, 0.15) is 21.5 Å². The third-order valence-corrected chi connectivity index (χ3v) is 7.33. The van der Waals surface area contributed by atoms with Crippen molar-refractivity contribution in [2.75, 3.05) is 7.11 Å². The second-order valence-electron chi connectivity index (χ2n) is 9.32. The number of benzene rings is 3. The Morgan fingerprint density at radius 1 is 0.977 bits per heavy atom. The Bertz CT molecular complexity index is 2030. The van der Waals surface area contributed by atoms with Crippen molar-refractivity contribution in [2.24, 2.45) is 19.2 Å². The number of halogens is 3. The van der Waals surface area contributed by atoms with E-state index in [1.807, 2.05) is 0 Å². The van der Waals surface area contributed by atoms with Gasteiger partial charge in [-0.25, -0.2) is 10.2 Å². The smallest absolute Gasteiger partial charge is 0.332 e. The van der Waals surface area contributed by atoms with Crippen LogP contribution in [0.25, 0.3) is 11.2 Å². The summed E-state index contributed by atoms with van der Waals surface area (Å²) in [7, 11) is 4.36. The predicted octanol–water partition coefficient (Wildman–Crippen LogP) is 5.01. The number of aromatic nitrogens is 4. The van der Waals surface area contributed by atoms with Gasteiger partial charge in [0.15, 0.2) is 22.7 Å². The number of fused-ring (bicyclic) bond motifs is 1. The molecule has 0 aliphatic carbocycles. The van der Waals surface area contributed by atoms with E-state index in [0.29, 0.717) is 37.5 Å². The zero-order valence-corrected chi connectivity index (χ0v) is 25.2. The number of hydrazone groups is 1. The van der Waals surface area contributed by atoms with Crippen molar-refractivity contribution in [3.05, 3.63) is 113 Å². The second kappa shape index (κ2) is 12.3. The summed E-state index contributed by atoms with van der Waals surface area (Å²) >= 11 is 18.5. The van der Waals surface area contributed by atoms with Crippen LogP contribution < -0.4 is 26.1 Å². The molecule has 0 bridgehead atoms. The SMILES string of the molecule is COc1cc(C=NNC(=O)c2cccc(Cl)c2)ccc1Oc1nc2c(c(=O)n(C)c(=O)n2C)n1Cc1ccc(Cl)cc1Cl. The summed E-state index contributed by atoms with van der Waals surface area (Å²) in [6.45, 7) is 0.0919. The molecule has 0 spiro atoms. The zero-order chi connectivity index (χ0) is 30.8. The van der Waals surface area contributed by atoms with Gasteiger partial charge in [0.1, 0.15) is 0 Å². The first-order valence-electron chi connectivity index (χ1n) is 12.6. The van der Waals surface area contributed by atoms with E-state index in [1.165, 1.54) is 42.6 Å². The van der Waals surface area contributed by atoms with E-state index < -0.39 is 17.2 Å². The number of imidazole rings is 1. The van der Waals surface area contributed by atoms with Crippen LogP contribution in [0.2, 0.25) is 15.1 Å². The zero-order valence-electron chi connectivity index (χ0n) is 23.0. The third kappa shape index (κ3) is 6.14. The lowest BCUT2D eigenvalue weighted by Gasteiger charge is -2.13. The van der Waals surface area contributed by atoms with Gasteiger partial charge < -0.3 is 9.47 Å². The number of hydrogen-bond donors (Lipinski definition) is 1. The summed E-state index contributed by atoms with van der Waals surface area (Å²) in [6.07, 6.45) is 1.44. The maximum Gasteiger partial charge on any atom is 0.332 e. The summed E-state index contributed by atoms with van der Waals surface area (Å²) in [6, 6.07) is 16.4.